The van der Waals surface area contributed by atoms with Crippen molar-refractivity contribution < 1.29 is 0 Å². The van der Waals surface area contributed by atoms with Gasteiger partial charge >= 0.3 is 0 Å². The van der Waals surface area contributed by atoms with E-state index in [1.54, 1.807) is 0 Å². The predicted molar refractivity (Wildman–Crippen MR) is 91.7 cm³/mol. The minimum Gasteiger partial charge on any atom is -0.370 e. The van der Waals surface area contributed by atoms with Gasteiger partial charge in [-0.1, -0.05) is 51.8 Å². The van der Waals surface area contributed by atoms with E-state index < -0.39 is 0 Å². The summed E-state index contributed by atoms with van der Waals surface area (Å²) in [6, 6.07) is 10.6. The van der Waals surface area contributed by atoms with Crippen LogP contribution in [0.5, 0.6) is 0 Å². The van der Waals surface area contributed by atoms with Crippen molar-refractivity contribution in [2.45, 2.75) is 40.2 Å². The van der Waals surface area contributed by atoms with Crippen LogP contribution in [0.25, 0.3) is 10.9 Å². The van der Waals surface area contributed by atoms with Crippen molar-refractivity contribution in [3.63, 3.8) is 0 Å². The number of pyridine rings is 1. The second-order valence-electron chi connectivity index (χ2n) is 5.53. The fraction of sp³-hybridized carbons (Fsp3) is 0.500. The lowest BCUT2D eigenvalue weighted by Crippen LogP contribution is -2.15. The van der Waals surface area contributed by atoms with Gasteiger partial charge in [-0.2, -0.15) is 0 Å². The first-order valence-electron chi connectivity index (χ1n) is 8.11. The molecule has 1 aromatic heterocycles. The van der Waals surface area contributed by atoms with E-state index >= 15 is 0 Å². The molecular formula is C18H27N3. The zero-order valence-electron chi connectivity index (χ0n) is 13.4. The van der Waals surface area contributed by atoms with E-state index in [0.29, 0.717) is 0 Å². The highest BCUT2D eigenvalue weighted by Crippen LogP contribution is 2.21. The maximum atomic E-state index is 4.75. The minimum atomic E-state index is 0.718. The van der Waals surface area contributed by atoms with Crippen LogP contribution < -0.4 is 10.6 Å². The first-order chi connectivity index (χ1) is 10.3. The first-order valence-corrected chi connectivity index (χ1v) is 8.11. The third-order valence-corrected chi connectivity index (χ3v) is 4.09. The monoisotopic (exact) mass is 285 g/mol. The average molecular weight is 285 g/mol. The molecule has 3 heteroatoms. The summed E-state index contributed by atoms with van der Waals surface area (Å²) in [5, 5.41) is 8.17. The molecule has 0 amide bonds. The van der Waals surface area contributed by atoms with Crippen LogP contribution in [0, 0.1) is 5.92 Å². The fourth-order valence-corrected chi connectivity index (χ4v) is 2.57. The molecule has 0 radical (unpaired) electrons. The molecule has 0 fully saturated rings. The second-order valence-corrected chi connectivity index (χ2v) is 5.53. The van der Waals surface area contributed by atoms with E-state index in [4.69, 9.17) is 4.98 Å². The Kier molecular flexibility index (Phi) is 6.00. The maximum absolute atomic E-state index is 4.75. The van der Waals surface area contributed by atoms with Gasteiger partial charge in [-0.25, -0.2) is 4.98 Å². The third kappa shape index (κ3) is 4.18. The SMILES string of the molecule is CCNCc1cc(NCC(CC)CC)nc2ccccc12. The summed E-state index contributed by atoms with van der Waals surface area (Å²) in [4.78, 5) is 4.75. The highest BCUT2D eigenvalue weighted by molar-refractivity contribution is 5.84. The first kappa shape index (κ1) is 15.8. The number of benzene rings is 1. The lowest BCUT2D eigenvalue weighted by Gasteiger charge is -2.15. The van der Waals surface area contributed by atoms with Gasteiger partial charge in [0.2, 0.25) is 0 Å². The van der Waals surface area contributed by atoms with Gasteiger partial charge in [-0.05, 0) is 30.2 Å². The molecule has 0 aliphatic rings. The topological polar surface area (TPSA) is 37.0 Å². The van der Waals surface area contributed by atoms with Gasteiger partial charge in [0.15, 0.2) is 0 Å². The normalized spacial score (nSPS) is 11.2. The van der Waals surface area contributed by atoms with Crippen molar-refractivity contribution in [1.29, 1.82) is 0 Å². The molecule has 1 aromatic carbocycles. The van der Waals surface area contributed by atoms with Crippen LogP contribution >= 0.6 is 0 Å². The summed E-state index contributed by atoms with van der Waals surface area (Å²) in [6.45, 7) is 9.50. The highest BCUT2D eigenvalue weighted by Gasteiger charge is 2.07. The molecule has 2 aromatic rings. The Labute approximate surface area is 128 Å². The Bertz CT molecular complexity index is 561. The van der Waals surface area contributed by atoms with Crippen LogP contribution in [-0.4, -0.2) is 18.1 Å². The molecule has 2 N–H and O–H groups in total. The summed E-state index contributed by atoms with van der Waals surface area (Å²) in [7, 11) is 0. The number of nitrogens with one attached hydrogen (secondary N) is 2. The zero-order valence-corrected chi connectivity index (χ0v) is 13.4. The lowest BCUT2D eigenvalue weighted by molar-refractivity contribution is 0.518. The number of rotatable bonds is 8. The van der Waals surface area contributed by atoms with Crippen LogP contribution in [0.3, 0.4) is 0 Å². The van der Waals surface area contributed by atoms with Crippen molar-refractivity contribution in [2.75, 3.05) is 18.4 Å². The molecule has 0 bridgehead atoms. The summed E-state index contributed by atoms with van der Waals surface area (Å²) < 4.78 is 0. The molecule has 0 aliphatic heterocycles. The Hall–Kier alpha value is -1.61. The molecule has 0 unspecified atom stereocenters. The Morgan fingerprint density at radius 3 is 2.57 bits per heavy atom. The van der Waals surface area contributed by atoms with E-state index in [0.717, 1.165) is 36.9 Å². The van der Waals surface area contributed by atoms with Crippen molar-refractivity contribution >= 4 is 16.7 Å². The lowest BCUT2D eigenvalue weighted by atomic mass is 10.0. The molecule has 2 rings (SSSR count). The smallest absolute Gasteiger partial charge is 0.126 e. The van der Waals surface area contributed by atoms with E-state index in [9.17, 15) is 0 Å². The molecule has 1 heterocycles. The summed E-state index contributed by atoms with van der Waals surface area (Å²) >= 11 is 0. The van der Waals surface area contributed by atoms with Crippen LogP contribution in [0.4, 0.5) is 5.82 Å². The van der Waals surface area contributed by atoms with E-state index in [-0.39, 0.29) is 0 Å². The standard InChI is InChI=1S/C18H27N3/c1-4-14(5-2)12-20-18-11-15(13-19-6-3)16-9-7-8-10-17(16)21-18/h7-11,14,19H,4-6,12-13H2,1-3H3,(H,20,21). The van der Waals surface area contributed by atoms with E-state index in [1.807, 2.05) is 0 Å². The van der Waals surface area contributed by atoms with Crippen LogP contribution in [0.2, 0.25) is 0 Å². The zero-order chi connectivity index (χ0) is 15.1. The van der Waals surface area contributed by atoms with Gasteiger partial charge in [0.25, 0.3) is 0 Å². The predicted octanol–water partition coefficient (Wildman–Crippen LogP) is 4.19. The number of hydrogen-bond donors (Lipinski definition) is 2. The van der Waals surface area contributed by atoms with Gasteiger partial charge in [-0.15, -0.1) is 0 Å². The number of fused-ring (bicyclic) bond motifs is 1. The largest absolute Gasteiger partial charge is 0.370 e. The quantitative estimate of drug-likeness (QED) is 0.763. The van der Waals surface area contributed by atoms with Crippen molar-refractivity contribution in [1.82, 2.24) is 10.3 Å². The molecule has 0 saturated carbocycles. The molecular weight excluding hydrogens is 258 g/mol. The molecule has 3 nitrogen and oxygen atoms in total. The average Bonchev–Trinajstić information content (AvgIpc) is 2.53. The Morgan fingerprint density at radius 2 is 1.86 bits per heavy atom. The number of para-hydroxylation sites is 1. The second kappa shape index (κ2) is 7.99. The van der Waals surface area contributed by atoms with Gasteiger partial charge in [0, 0.05) is 18.5 Å². The molecule has 114 valence electrons. The summed E-state index contributed by atoms with van der Waals surface area (Å²) in [6.07, 6.45) is 2.42. The molecule has 0 atom stereocenters. The molecule has 0 saturated heterocycles. The molecule has 0 spiro atoms. The minimum absolute atomic E-state index is 0.718. The van der Waals surface area contributed by atoms with Crippen LogP contribution in [0.1, 0.15) is 39.2 Å². The maximum Gasteiger partial charge on any atom is 0.126 e. The number of nitrogens with zero attached hydrogens (tertiary/aromatic N) is 1. The summed E-state index contributed by atoms with van der Waals surface area (Å²) in [5.74, 6) is 1.71. The van der Waals surface area contributed by atoms with Crippen molar-refractivity contribution in [3.05, 3.63) is 35.9 Å². The van der Waals surface area contributed by atoms with Gasteiger partial charge < -0.3 is 10.6 Å². The number of anilines is 1. The number of aromatic nitrogens is 1. The van der Waals surface area contributed by atoms with E-state index in [1.165, 1.54) is 23.8 Å². The van der Waals surface area contributed by atoms with E-state index in [2.05, 4.69) is 61.7 Å². The Balaban J connectivity index is 2.23. The highest BCUT2D eigenvalue weighted by atomic mass is 15.0. The van der Waals surface area contributed by atoms with Crippen molar-refractivity contribution in [3.8, 4) is 0 Å². The van der Waals surface area contributed by atoms with Crippen LogP contribution in [0.15, 0.2) is 30.3 Å². The van der Waals surface area contributed by atoms with Gasteiger partial charge in [0.05, 0.1) is 5.52 Å². The number of hydrogen-bond acceptors (Lipinski definition) is 3. The molecule has 21 heavy (non-hydrogen) atoms. The third-order valence-electron chi connectivity index (χ3n) is 4.09. The van der Waals surface area contributed by atoms with Gasteiger partial charge in [0.1, 0.15) is 5.82 Å². The molecule has 0 aliphatic carbocycles. The van der Waals surface area contributed by atoms with Gasteiger partial charge in [-0.3, -0.25) is 0 Å². The Morgan fingerprint density at radius 1 is 1.10 bits per heavy atom. The van der Waals surface area contributed by atoms with Crippen LogP contribution in [-0.2, 0) is 6.54 Å². The van der Waals surface area contributed by atoms with Crippen molar-refractivity contribution in [2.24, 2.45) is 5.92 Å². The summed E-state index contributed by atoms with van der Waals surface area (Å²) in [5.41, 5.74) is 2.38. The fourth-order valence-electron chi connectivity index (χ4n) is 2.57.